The van der Waals surface area contributed by atoms with Crippen LogP contribution in [-0.4, -0.2) is 26.9 Å². The minimum Gasteiger partial charge on any atom is -0.488 e. The number of carboxylic acids is 1. The van der Waals surface area contributed by atoms with Crippen molar-refractivity contribution >= 4 is 16.8 Å². The molecule has 2 N–H and O–H groups in total. The number of carbonyl (C=O) groups is 1. The molecule has 0 bridgehead atoms. The van der Waals surface area contributed by atoms with Crippen molar-refractivity contribution in [3.63, 3.8) is 0 Å². The molecule has 1 aromatic carbocycles. The number of rotatable bonds is 8. The fourth-order valence-electron chi connectivity index (χ4n) is 2.06. The van der Waals surface area contributed by atoms with Gasteiger partial charge in [0.1, 0.15) is 0 Å². The molecule has 1 atom stereocenters. The maximum atomic E-state index is 12.2. The number of H-pyrrole nitrogens is 1. The van der Waals surface area contributed by atoms with Gasteiger partial charge in [-0.1, -0.05) is 19.1 Å². The molecule has 7 heteroatoms. The molecule has 0 aliphatic heterocycles. The third-order valence-corrected chi connectivity index (χ3v) is 4.53. The number of pyridine rings is 1. The third-order valence-electron chi connectivity index (χ3n) is 3.24. The summed E-state index contributed by atoms with van der Waals surface area (Å²) in [5, 5.41) is 8.85. The maximum absolute atomic E-state index is 12.2. The lowest BCUT2D eigenvalue weighted by atomic mass is 10.1. The predicted molar refractivity (Wildman–Crippen MR) is 91.8 cm³/mol. The number of hydrogen-bond donors (Lipinski definition) is 2. The van der Waals surface area contributed by atoms with Gasteiger partial charge in [0, 0.05) is 34.5 Å². The Labute approximate surface area is 142 Å². The summed E-state index contributed by atoms with van der Waals surface area (Å²) in [6.07, 6.45) is 2.30. The molecule has 0 saturated carbocycles. The molecule has 1 aromatic heterocycles. The second-order valence-electron chi connectivity index (χ2n) is 5.27. The summed E-state index contributed by atoms with van der Waals surface area (Å²) in [5.41, 5.74) is 1.31. The fourth-order valence-corrected chi connectivity index (χ4v) is 3.24. The Balaban J connectivity index is 1.98. The van der Waals surface area contributed by atoms with E-state index in [0.29, 0.717) is 12.3 Å². The smallest absolute Gasteiger partial charge is 0.335 e. The van der Waals surface area contributed by atoms with Crippen molar-refractivity contribution in [2.24, 2.45) is 0 Å². The van der Waals surface area contributed by atoms with Crippen LogP contribution in [0.25, 0.3) is 0 Å². The van der Waals surface area contributed by atoms with E-state index in [2.05, 4.69) is 4.98 Å². The normalized spacial score (nSPS) is 11.9. The first-order valence-corrected chi connectivity index (χ1v) is 9.00. The zero-order chi connectivity index (χ0) is 17.5. The van der Waals surface area contributed by atoms with Gasteiger partial charge < -0.3 is 14.8 Å². The standard InChI is InChI=1S/C17H19NO5S/c1-2-7-23-16-9-18-14(8-15(16)19)11-24(22)10-12-3-5-13(6-4-12)17(20)21/h3-6,8-9H,2,7,10-11H2,1H3,(H,18,19)(H,20,21). The Kier molecular flexibility index (Phi) is 6.31. The second-order valence-corrected chi connectivity index (χ2v) is 6.72. The van der Waals surface area contributed by atoms with Gasteiger partial charge in [-0.25, -0.2) is 4.79 Å². The Morgan fingerprint density at radius 1 is 1.25 bits per heavy atom. The van der Waals surface area contributed by atoms with E-state index in [1.807, 2.05) is 6.92 Å². The number of ether oxygens (including phenoxy) is 1. The highest BCUT2D eigenvalue weighted by Gasteiger charge is 2.08. The molecule has 0 radical (unpaired) electrons. The highest BCUT2D eigenvalue weighted by molar-refractivity contribution is 7.83. The van der Waals surface area contributed by atoms with E-state index < -0.39 is 16.8 Å². The van der Waals surface area contributed by atoms with Gasteiger partial charge in [-0.3, -0.25) is 9.00 Å². The van der Waals surface area contributed by atoms with Crippen LogP contribution in [0.5, 0.6) is 5.75 Å². The minimum absolute atomic E-state index is 0.191. The Morgan fingerprint density at radius 3 is 2.54 bits per heavy atom. The molecule has 1 heterocycles. The zero-order valence-electron chi connectivity index (χ0n) is 13.3. The number of nitrogens with one attached hydrogen (secondary N) is 1. The molecule has 128 valence electrons. The van der Waals surface area contributed by atoms with Crippen molar-refractivity contribution in [2.45, 2.75) is 24.9 Å². The second kappa shape index (κ2) is 8.44. The molecule has 1 unspecified atom stereocenters. The number of aromatic carboxylic acids is 1. The van der Waals surface area contributed by atoms with E-state index in [-0.39, 0.29) is 28.2 Å². The van der Waals surface area contributed by atoms with Gasteiger partial charge in [0.25, 0.3) is 0 Å². The van der Waals surface area contributed by atoms with Crippen molar-refractivity contribution in [1.82, 2.24) is 4.98 Å². The summed E-state index contributed by atoms with van der Waals surface area (Å²) in [7, 11) is -1.22. The van der Waals surface area contributed by atoms with Gasteiger partial charge >= 0.3 is 5.97 Å². The molecule has 6 nitrogen and oxygen atoms in total. The largest absolute Gasteiger partial charge is 0.488 e. The highest BCUT2D eigenvalue weighted by atomic mass is 32.2. The van der Waals surface area contributed by atoms with Gasteiger partial charge in [-0.05, 0) is 24.1 Å². The zero-order valence-corrected chi connectivity index (χ0v) is 14.1. The van der Waals surface area contributed by atoms with Crippen LogP contribution in [0.3, 0.4) is 0 Å². The van der Waals surface area contributed by atoms with Crippen LogP contribution in [0.1, 0.15) is 35.0 Å². The molecule has 0 saturated heterocycles. The van der Waals surface area contributed by atoms with E-state index >= 15 is 0 Å². The molecular weight excluding hydrogens is 330 g/mol. The van der Waals surface area contributed by atoms with Gasteiger partial charge in [-0.15, -0.1) is 0 Å². The Bertz CT molecular complexity index is 782. The monoisotopic (exact) mass is 349 g/mol. The van der Waals surface area contributed by atoms with Gasteiger partial charge in [-0.2, -0.15) is 0 Å². The van der Waals surface area contributed by atoms with Crippen LogP contribution in [0.15, 0.2) is 41.3 Å². The van der Waals surface area contributed by atoms with E-state index in [1.54, 1.807) is 12.1 Å². The molecule has 24 heavy (non-hydrogen) atoms. The molecule has 0 fully saturated rings. The minimum atomic E-state index is -1.22. The topological polar surface area (TPSA) is 96.5 Å². The first-order valence-electron chi connectivity index (χ1n) is 7.51. The van der Waals surface area contributed by atoms with Gasteiger partial charge in [0.2, 0.25) is 5.43 Å². The molecule has 0 amide bonds. The Morgan fingerprint density at radius 2 is 1.96 bits per heavy atom. The van der Waals surface area contributed by atoms with Crippen LogP contribution >= 0.6 is 0 Å². The molecular formula is C17H19NO5S. The molecule has 0 spiro atoms. The van der Waals surface area contributed by atoms with E-state index in [1.165, 1.54) is 24.4 Å². The summed E-state index contributed by atoms with van der Waals surface area (Å²) >= 11 is 0. The van der Waals surface area contributed by atoms with Gasteiger partial charge in [0.05, 0.1) is 17.9 Å². The number of carboxylic acid groups (broad SMARTS) is 1. The lowest BCUT2D eigenvalue weighted by Crippen LogP contribution is -2.11. The Hall–Kier alpha value is -2.41. The average Bonchev–Trinajstić information content (AvgIpc) is 2.54. The highest BCUT2D eigenvalue weighted by Crippen LogP contribution is 2.10. The quantitative estimate of drug-likeness (QED) is 0.762. The van der Waals surface area contributed by atoms with E-state index in [9.17, 15) is 13.8 Å². The van der Waals surface area contributed by atoms with E-state index in [0.717, 1.165) is 12.0 Å². The molecule has 2 rings (SSSR count). The number of aromatic amines is 1. The molecule has 0 aliphatic rings. The molecule has 0 aliphatic carbocycles. The molecule has 2 aromatic rings. The SMILES string of the molecule is CCCOc1c[nH]c(CS(=O)Cc2ccc(C(=O)O)cc2)cc1=O. The van der Waals surface area contributed by atoms with Crippen molar-refractivity contribution < 1.29 is 18.8 Å². The van der Waals surface area contributed by atoms with Crippen molar-refractivity contribution in [1.29, 1.82) is 0 Å². The predicted octanol–water partition coefficient (Wildman–Crippen LogP) is 2.31. The first-order chi connectivity index (χ1) is 11.5. The maximum Gasteiger partial charge on any atom is 0.335 e. The van der Waals surface area contributed by atoms with Crippen LogP contribution in [0.4, 0.5) is 0 Å². The lowest BCUT2D eigenvalue weighted by Gasteiger charge is -2.06. The summed E-state index contributed by atoms with van der Waals surface area (Å²) in [5.74, 6) is -0.235. The summed E-state index contributed by atoms with van der Waals surface area (Å²) in [6.45, 7) is 2.43. The number of benzene rings is 1. The van der Waals surface area contributed by atoms with Crippen LogP contribution in [-0.2, 0) is 22.3 Å². The van der Waals surface area contributed by atoms with Crippen LogP contribution < -0.4 is 10.2 Å². The summed E-state index contributed by atoms with van der Waals surface area (Å²) < 4.78 is 17.5. The van der Waals surface area contributed by atoms with Crippen molar-refractivity contribution in [3.8, 4) is 5.75 Å². The van der Waals surface area contributed by atoms with Crippen LogP contribution in [0.2, 0.25) is 0 Å². The van der Waals surface area contributed by atoms with Crippen molar-refractivity contribution in [3.05, 3.63) is 63.6 Å². The van der Waals surface area contributed by atoms with E-state index in [4.69, 9.17) is 9.84 Å². The number of hydrogen-bond acceptors (Lipinski definition) is 4. The summed E-state index contributed by atoms with van der Waals surface area (Å²) in [4.78, 5) is 25.6. The third kappa shape index (κ3) is 5.06. The van der Waals surface area contributed by atoms with Gasteiger partial charge in [0.15, 0.2) is 5.75 Å². The average molecular weight is 349 g/mol. The first kappa shape index (κ1) is 17.9. The number of aromatic nitrogens is 1. The van der Waals surface area contributed by atoms with Crippen molar-refractivity contribution in [2.75, 3.05) is 6.61 Å². The lowest BCUT2D eigenvalue weighted by molar-refractivity contribution is 0.0697. The summed E-state index contributed by atoms with van der Waals surface area (Å²) in [6, 6.07) is 7.65. The van der Waals surface area contributed by atoms with Crippen LogP contribution in [0, 0.1) is 0 Å². The fraction of sp³-hybridized carbons (Fsp3) is 0.294.